The van der Waals surface area contributed by atoms with Gasteiger partial charge in [-0.05, 0) is 182 Å². The minimum atomic E-state index is -2.75. The zero-order valence-corrected chi connectivity index (χ0v) is 49.9. The minimum absolute atomic E-state index is 0.708. The number of hydrogen-bond acceptors (Lipinski definition) is 3. The van der Waals surface area contributed by atoms with Crippen LogP contribution in [0.1, 0.15) is 228 Å². The fraction of sp³-hybridized carbons (Fsp3) is 0.700. The van der Waals surface area contributed by atoms with Crippen molar-refractivity contribution in [2.24, 2.45) is 0 Å². The number of rotatable bonds is 36. The summed E-state index contributed by atoms with van der Waals surface area (Å²) in [7, 11) is -8.95. The van der Waals surface area contributed by atoms with Crippen LogP contribution in [-0.2, 0) is 32.3 Å². The summed E-state index contributed by atoms with van der Waals surface area (Å²) in [5, 5.41) is 4.57. The zero-order valence-electron chi connectivity index (χ0n) is 46.9. The Morgan fingerprint density at radius 2 is 0.522 bits per heavy atom. The van der Waals surface area contributed by atoms with E-state index in [0.717, 1.165) is 94.1 Å². The van der Waals surface area contributed by atoms with Crippen LogP contribution in [-0.4, -0.2) is 32.3 Å². The summed E-state index contributed by atoms with van der Waals surface area (Å²) in [6.07, 6.45) is 24.6. The maximum absolute atomic E-state index is 8.46. The third kappa shape index (κ3) is 16.1. The first-order valence-electron chi connectivity index (χ1n) is 28.6. The second-order valence-corrected chi connectivity index (χ2v) is 32.4. The van der Waals surface area contributed by atoms with Crippen LogP contribution >= 0.6 is 0 Å². The summed E-state index contributed by atoms with van der Waals surface area (Å²) in [5.74, 6) is 0. The highest BCUT2D eigenvalue weighted by Crippen LogP contribution is 2.36. The lowest BCUT2D eigenvalue weighted by Crippen LogP contribution is -2.65. The Hall–Kier alpha value is -1.74. The molecule has 0 bridgehead atoms. The maximum atomic E-state index is 8.46. The lowest BCUT2D eigenvalue weighted by Gasteiger charge is -2.44. The molecule has 378 valence electrons. The summed E-state index contributed by atoms with van der Waals surface area (Å²) in [5.41, 5.74) is 13.5. The molecule has 0 fully saturated rings. The van der Waals surface area contributed by atoms with Gasteiger partial charge in [0, 0.05) is 0 Å². The van der Waals surface area contributed by atoms with Crippen LogP contribution in [0.25, 0.3) is 0 Å². The predicted molar refractivity (Wildman–Crippen MR) is 307 cm³/mol. The van der Waals surface area contributed by atoms with E-state index in [-0.39, 0.29) is 0 Å². The Morgan fingerprint density at radius 3 is 0.716 bits per heavy atom. The van der Waals surface area contributed by atoms with Gasteiger partial charge in [-0.3, -0.25) is 0 Å². The molecule has 0 heterocycles. The van der Waals surface area contributed by atoms with Crippen LogP contribution in [0, 0.1) is 41.5 Å². The van der Waals surface area contributed by atoms with Crippen molar-refractivity contribution in [2.75, 3.05) is 0 Å². The SMILES string of the molecule is CCCCc1c(C)ccc([Si](CCCC)(CCCC)OB(O[Si](CCCC)(CCCC)c2ccc(C)c(CCCC)c2C)O[Si](CCCC)(CCCC)c2ccc(C)c(CCCC)c2C)c1C. The molecular weight excluding hydrogens is 864 g/mol. The molecule has 0 radical (unpaired) electrons. The lowest BCUT2D eigenvalue weighted by atomic mass is 9.98. The molecule has 0 N–H and O–H groups in total. The van der Waals surface area contributed by atoms with Gasteiger partial charge in [0.2, 0.25) is 25.0 Å². The van der Waals surface area contributed by atoms with Gasteiger partial charge in [-0.2, -0.15) is 0 Å². The smallest absolute Gasteiger partial charge is 0.425 e. The molecule has 0 spiro atoms. The molecule has 0 aromatic heterocycles. The van der Waals surface area contributed by atoms with Gasteiger partial charge < -0.3 is 13.0 Å². The third-order valence-corrected chi connectivity index (χ3v) is 29.4. The summed E-state index contributed by atoms with van der Waals surface area (Å²) in [6, 6.07) is 21.6. The lowest BCUT2D eigenvalue weighted by molar-refractivity contribution is 0.291. The van der Waals surface area contributed by atoms with Gasteiger partial charge >= 0.3 is 7.32 Å². The van der Waals surface area contributed by atoms with Gasteiger partial charge in [0.05, 0.1) is 0 Å². The van der Waals surface area contributed by atoms with Gasteiger partial charge in [-0.25, -0.2) is 0 Å². The summed E-state index contributed by atoms with van der Waals surface area (Å²) in [6.45, 7) is 35.7. The highest BCUT2D eigenvalue weighted by molar-refractivity contribution is 6.96. The van der Waals surface area contributed by atoms with Crippen molar-refractivity contribution in [3.8, 4) is 0 Å². The molecule has 0 aliphatic rings. The van der Waals surface area contributed by atoms with E-state index in [2.05, 4.69) is 140 Å². The van der Waals surface area contributed by atoms with Crippen LogP contribution in [0.5, 0.6) is 0 Å². The van der Waals surface area contributed by atoms with Crippen molar-refractivity contribution in [3.63, 3.8) is 0 Å². The first-order valence-corrected chi connectivity index (χ1v) is 35.6. The van der Waals surface area contributed by atoms with Crippen molar-refractivity contribution in [1.82, 2.24) is 0 Å². The number of hydrogen-bond donors (Lipinski definition) is 0. The molecule has 7 heteroatoms. The molecule has 3 aromatic rings. The Kier molecular flexibility index (Phi) is 27.4. The van der Waals surface area contributed by atoms with Crippen LogP contribution in [0.15, 0.2) is 36.4 Å². The zero-order chi connectivity index (χ0) is 49.5. The monoisotopic (exact) mass is 969 g/mol. The molecule has 3 rings (SSSR count). The number of aryl methyl sites for hydroxylation is 3. The van der Waals surface area contributed by atoms with E-state index in [1.807, 2.05) is 0 Å². The van der Waals surface area contributed by atoms with Crippen LogP contribution in [0.4, 0.5) is 0 Å². The van der Waals surface area contributed by atoms with E-state index in [1.54, 1.807) is 16.7 Å². The molecule has 67 heavy (non-hydrogen) atoms. The number of benzene rings is 3. The van der Waals surface area contributed by atoms with E-state index < -0.39 is 32.3 Å². The second kappa shape index (κ2) is 30.9. The van der Waals surface area contributed by atoms with Crippen LogP contribution in [0.2, 0.25) is 36.3 Å². The van der Waals surface area contributed by atoms with Crippen molar-refractivity contribution in [3.05, 3.63) is 86.5 Å². The van der Waals surface area contributed by atoms with Gasteiger partial charge in [-0.15, -0.1) is 0 Å². The van der Waals surface area contributed by atoms with Crippen molar-refractivity contribution < 1.29 is 13.0 Å². The van der Waals surface area contributed by atoms with E-state index in [1.165, 1.54) is 126 Å². The standard InChI is InChI=1S/C60H105BO3Si3/c1-16-25-34-55-49(10)37-40-58(52(55)13)65(43-28-19-4,44-29-20-5)62-61(63-66(45-30-21-6,46-31-22-7)59-41-38-50(11)56(53(59)14)35-26-17-2)64-67(47-32-23-8,48-33-24-9)60-42-39-51(12)57(54(60)15)36-27-18-3/h37-42H,16-36,43-48H2,1-15H3. The number of unbranched alkanes of at least 4 members (excludes halogenated alkanes) is 9. The van der Waals surface area contributed by atoms with Gasteiger partial charge in [0.15, 0.2) is 0 Å². The quantitative estimate of drug-likeness (QED) is 0.0544. The summed E-state index contributed by atoms with van der Waals surface area (Å²) in [4.78, 5) is 0. The Balaban J connectivity index is 2.62. The summed E-state index contributed by atoms with van der Waals surface area (Å²) >= 11 is 0. The molecule has 3 aromatic carbocycles. The largest absolute Gasteiger partial charge is 0.607 e. The fourth-order valence-electron chi connectivity index (χ4n) is 11.5. The topological polar surface area (TPSA) is 27.7 Å². The van der Waals surface area contributed by atoms with Crippen molar-refractivity contribution in [2.45, 2.75) is 275 Å². The van der Waals surface area contributed by atoms with Gasteiger partial charge in [0.1, 0.15) is 0 Å². The second-order valence-electron chi connectivity index (χ2n) is 21.2. The Morgan fingerprint density at radius 1 is 0.313 bits per heavy atom. The third-order valence-electron chi connectivity index (χ3n) is 15.9. The van der Waals surface area contributed by atoms with Crippen molar-refractivity contribution in [1.29, 1.82) is 0 Å². The first-order chi connectivity index (χ1) is 32.3. The van der Waals surface area contributed by atoms with Gasteiger partial charge in [-0.1, -0.05) is 195 Å². The molecule has 0 aliphatic carbocycles. The maximum Gasteiger partial charge on any atom is 0.607 e. The molecule has 0 saturated heterocycles. The molecule has 3 nitrogen and oxygen atoms in total. The van der Waals surface area contributed by atoms with Crippen molar-refractivity contribution >= 4 is 47.8 Å². The normalized spacial score (nSPS) is 12.4. The molecule has 0 amide bonds. The highest BCUT2D eigenvalue weighted by Gasteiger charge is 2.52. The Bertz CT molecular complexity index is 1640. The summed E-state index contributed by atoms with van der Waals surface area (Å²) < 4.78 is 25.4. The molecule has 0 unspecified atom stereocenters. The van der Waals surface area contributed by atoms with E-state index in [9.17, 15) is 0 Å². The fourth-order valence-corrected chi connectivity index (χ4v) is 25.8. The van der Waals surface area contributed by atoms with E-state index in [0.29, 0.717) is 0 Å². The highest BCUT2D eigenvalue weighted by atomic mass is 28.4. The average molecular weight is 970 g/mol. The molecular formula is C60H105BO3Si3. The van der Waals surface area contributed by atoms with Gasteiger partial charge in [0.25, 0.3) is 0 Å². The predicted octanol–water partition coefficient (Wildman–Crippen LogP) is 17.3. The average Bonchev–Trinajstić information content (AvgIpc) is 3.31. The Labute approximate surface area is 420 Å². The van der Waals surface area contributed by atoms with Crippen LogP contribution < -0.4 is 15.6 Å². The van der Waals surface area contributed by atoms with E-state index >= 15 is 0 Å². The molecule has 0 atom stereocenters. The molecule has 0 aliphatic heterocycles. The molecule has 0 saturated carbocycles. The minimum Gasteiger partial charge on any atom is -0.425 e. The van der Waals surface area contributed by atoms with E-state index in [4.69, 9.17) is 13.0 Å². The first kappa shape index (κ1) is 59.6. The van der Waals surface area contributed by atoms with Crippen LogP contribution in [0.3, 0.4) is 0 Å².